The Bertz CT molecular complexity index is 1280. The number of aryl methyl sites for hydroxylation is 2. The van der Waals surface area contributed by atoms with Crippen molar-refractivity contribution < 1.29 is 4.42 Å². The highest BCUT2D eigenvalue weighted by molar-refractivity contribution is 5.85. The van der Waals surface area contributed by atoms with Gasteiger partial charge in [0.25, 0.3) is 0 Å². The molecule has 0 atom stereocenters. The number of hydrogen-bond donors (Lipinski definition) is 0. The Morgan fingerprint density at radius 2 is 1.34 bits per heavy atom. The van der Waals surface area contributed by atoms with Crippen LogP contribution in [0.2, 0.25) is 0 Å². The molecule has 5 rings (SSSR count). The fraction of sp³-hybridized carbons (Fsp3) is 0.0741. The highest BCUT2D eigenvalue weighted by atomic mass is 16.3. The van der Waals surface area contributed by atoms with Gasteiger partial charge in [-0.1, -0.05) is 72.8 Å². The first-order valence-electron chi connectivity index (χ1n) is 9.81. The van der Waals surface area contributed by atoms with E-state index in [2.05, 4.69) is 85.6 Å². The van der Waals surface area contributed by atoms with Crippen LogP contribution in [0.1, 0.15) is 11.1 Å². The largest absolute Gasteiger partial charge is 0.454 e. The molecule has 140 valence electrons. The molecule has 0 aliphatic carbocycles. The minimum absolute atomic E-state index is 0.804. The topological polar surface area (TPSA) is 26.0 Å². The monoisotopic (exact) mass is 375 g/mol. The summed E-state index contributed by atoms with van der Waals surface area (Å²) in [5.74, 6) is 0.861. The van der Waals surface area contributed by atoms with Crippen LogP contribution in [0.4, 0.5) is 0 Å². The van der Waals surface area contributed by atoms with E-state index in [9.17, 15) is 0 Å². The van der Waals surface area contributed by atoms with Gasteiger partial charge in [0, 0.05) is 16.5 Å². The van der Waals surface area contributed by atoms with E-state index in [0.717, 1.165) is 33.6 Å². The van der Waals surface area contributed by atoms with Gasteiger partial charge in [0.1, 0.15) is 5.76 Å². The molecule has 2 heterocycles. The first-order chi connectivity index (χ1) is 14.2. The van der Waals surface area contributed by atoms with Gasteiger partial charge in [0.05, 0.1) is 11.9 Å². The van der Waals surface area contributed by atoms with Gasteiger partial charge in [0.15, 0.2) is 5.58 Å². The van der Waals surface area contributed by atoms with E-state index in [1.807, 2.05) is 24.4 Å². The minimum atomic E-state index is 0.804. The molecule has 2 nitrogen and oxygen atoms in total. The number of aromatic nitrogens is 1. The number of hydrogen-bond acceptors (Lipinski definition) is 2. The maximum Gasteiger partial charge on any atom is 0.153 e. The normalized spacial score (nSPS) is 11.1. The molecule has 0 radical (unpaired) electrons. The Hall–Kier alpha value is -3.65. The zero-order chi connectivity index (χ0) is 19.8. The number of fused-ring (bicyclic) bond motifs is 1. The Morgan fingerprint density at radius 3 is 2.07 bits per heavy atom. The maximum absolute atomic E-state index is 6.08. The van der Waals surface area contributed by atoms with Crippen LogP contribution in [0.15, 0.2) is 95.5 Å². The van der Waals surface area contributed by atoms with Crippen molar-refractivity contribution in [3.05, 3.63) is 102 Å². The van der Waals surface area contributed by atoms with Gasteiger partial charge in [-0.3, -0.25) is 4.98 Å². The maximum atomic E-state index is 6.08. The van der Waals surface area contributed by atoms with Crippen LogP contribution in [-0.4, -0.2) is 4.98 Å². The number of nitrogens with zero attached hydrogens (tertiary/aromatic N) is 1. The summed E-state index contributed by atoms with van der Waals surface area (Å²) < 4.78 is 6.08. The first-order valence-corrected chi connectivity index (χ1v) is 9.81. The number of benzene rings is 3. The van der Waals surface area contributed by atoms with Crippen molar-refractivity contribution in [1.29, 1.82) is 0 Å². The third-order valence-electron chi connectivity index (χ3n) is 5.41. The third-order valence-corrected chi connectivity index (χ3v) is 5.41. The average Bonchev–Trinajstić information content (AvgIpc) is 3.18. The summed E-state index contributed by atoms with van der Waals surface area (Å²) in [6.07, 6.45) is 1.81. The minimum Gasteiger partial charge on any atom is -0.454 e. The summed E-state index contributed by atoms with van der Waals surface area (Å²) in [5.41, 5.74) is 9.05. The molecule has 29 heavy (non-hydrogen) atoms. The molecule has 0 saturated heterocycles. The molecule has 0 N–H and O–H groups in total. The molecule has 0 fully saturated rings. The highest BCUT2D eigenvalue weighted by Gasteiger charge is 2.10. The molecule has 0 aliphatic rings. The van der Waals surface area contributed by atoms with E-state index in [1.165, 1.54) is 22.3 Å². The van der Waals surface area contributed by atoms with Gasteiger partial charge in [-0.25, -0.2) is 0 Å². The summed E-state index contributed by atoms with van der Waals surface area (Å²) in [6.45, 7) is 4.32. The smallest absolute Gasteiger partial charge is 0.153 e. The SMILES string of the molecule is Cc1cccc(C)c1-c1ccc(-c2cc3cc(-c4ccccc4)ncc3o2)cc1. The Morgan fingerprint density at radius 1 is 0.655 bits per heavy atom. The van der Waals surface area contributed by atoms with E-state index in [4.69, 9.17) is 4.42 Å². The lowest BCUT2D eigenvalue weighted by Gasteiger charge is -2.10. The van der Waals surface area contributed by atoms with Crippen molar-refractivity contribution in [3.63, 3.8) is 0 Å². The summed E-state index contributed by atoms with van der Waals surface area (Å²) in [7, 11) is 0. The second kappa shape index (κ2) is 7.06. The van der Waals surface area contributed by atoms with E-state index < -0.39 is 0 Å². The van der Waals surface area contributed by atoms with Gasteiger partial charge in [-0.2, -0.15) is 0 Å². The second-order valence-electron chi connectivity index (χ2n) is 7.43. The quantitative estimate of drug-likeness (QED) is 0.327. The van der Waals surface area contributed by atoms with Crippen LogP contribution < -0.4 is 0 Å². The van der Waals surface area contributed by atoms with Crippen LogP contribution >= 0.6 is 0 Å². The predicted octanol–water partition coefficient (Wildman–Crippen LogP) is 7.45. The van der Waals surface area contributed by atoms with Crippen molar-refractivity contribution in [3.8, 4) is 33.7 Å². The predicted molar refractivity (Wildman–Crippen MR) is 120 cm³/mol. The van der Waals surface area contributed by atoms with E-state index in [1.54, 1.807) is 0 Å². The molecule has 0 saturated carbocycles. The second-order valence-corrected chi connectivity index (χ2v) is 7.43. The molecular weight excluding hydrogens is 354 g/mol. The van der Waals surface area contributed by atoms with Gasteiger partial charge >= 0.3 is 0 Å². The summed E-state index contributed by atoms with van der Waals surface area (Å²) in [5, 5.41) is 1.06. The van der Waals surface area contributed by atoms with Crippen molar-refractivity contribution >= 4 is 11.0 Å². The van der Waals surface area contributed by atoms with Crippen LogP contribution in [0.3, 0.4) is 0 Å². The molecule has 0 amide bonds. The zero-order valence-corrected chi connectivity index (χ0v) is 16.5. The number of rotatable bonds is 3. The van der Waals surface area contributed by atoms with Crippen molar-refractivity contribution in [2.24, 2.45) is 0 Å². The number of pyridine rings is 1. The standard InChI is InChI=1S/C27H21NO/c1-18-7-6-8-19(2)27(18)22-13-11-21(12-14-22)25-16-23-15-24(28-17-26(23)29-25)20-9-4-3-5-10-20/h3-17H,1-2H3. The fourth-order valence-corrected chi connectivity index (χ4v) is 3.93. The molecule has 0 unspecified atom stereocenters. The van der Waals surface area contributed by atoms with Gasteiger partial charge in [-0.05, 0) is 48.2 Å². The average molecular weight is 375 g/mol. The van der Waals surface area contributed by atoms with Crippen molar-refractivity contribution in [2.45, 2.75) is 13.8 Å². The van der Waals surface area contributed by atoms with Gasteiger partial charge in [-0.15, -0.1) is 0 Å². The lowest BCUT2D eigenvalue weighted by atomic mass is 9.95. The van der Waals surface area contributed by atoms with Crippen LogP contribution in [0.5, 0.6) is 0 Å². The summed E-state index contributed by atoms with van der Waals surface area (Å²) in [6, 6.07) is 29.4. The van der Waals surface area contributed by atoms with E-state index in [-0.39, 0.29) is 0 Å². The van der Waals surface area contributed by atoms with Crippen molar-refractivity contribution in [1.82, 2.24) is 4.98 Å². The van der Waals surface area contributed by atoms with Gasteiger partial charge < -0.3 is 4.42 Å². The van der Waals surface area contributed by atoms with E-state index >= 15 is 0 Å². The third kappa shape index (κ3) is 3.23. The Labute approximate surface area is 170 Å². The molecule has 2 aromatic heterocycles. The Kier molecular flexibility index (Phi) is 4.25. The molecule has 0 bridgehead atoms. The zero-order valence-electron chi connectivity index (χ0n) is 16.5. The summed E-state index contributed by atoms with van der Waals surface area (Å²) >= 11 is 0. The molecule has 0 aliphatic heterocycles. The molecule has 2 heteroatoms. The fourth-order valence-electron chi connectivity index (χ4n) is 3.93. The lowest BCUT2D eigenvalue weighted by molar-refractivity contribution is 0.630. The Balaban J connectivity index is 1.51. The first kappa shape index (κ1) is 17.4. The van der Waals surface area contributed by atoms with Crippen molar-refractivity contribution in [2.75, 3.05) is 0 Å². The number of furan rings is 1. The van der Waals surface area contributed by atoms with Crippen LogP contribution in [0, 0.1) is 13.8 Å². The summed E-state index contributed by atoms with van der Waals surface area (Å²) in [4.78, 5) is 4.56. The highest BCUT2D eigenvalue weighted by Crippen LogP contribution is 2.32. The molecule has 3 aromatic carbocycles. The molecule has 5 aromatic rings. The van der Waals surface area contributed by atoms with Crippen LogP contribution in [0.25, 0.3) is 44.7 Å². The molecule has 0 spiro atoms. The molecular formula is C27H21NO. The van der Waals surface area contributed by atoms with E-state index in [0.29, 0.717) is 0 Å². The lowest BCUT2D eigenvalue weighted by Crippen LogP contribution is -1.87. The van der Waals surface area contributed by atoms with Gasteiger partial charge in [0.2, 0.25) is 0 Å². The van der Waals surface area contributed by atoms with Crippen LogP contribution in [-0.2, 0) is 0 Å².